The minimum absolute atomic E-state index is 0.172. The van der Waals surface area contributed by atoms with E-state index in [4.69, 9.17) is 16.2 Å². The molecule has 2 heterocycles. The molecule has 14 nitrogen and oxygen atoms in total. The van der Waals surface area contributed by atoms with Crippen LogP contribution < -0.4 is 27.0 Å². The predicted molar refractivity (Wildman–Crippen MR) is 123 cm³/mol. The van der Waals surface area contributed by atoms with E-state index in [1.165, 1.54) is 0 Å². The molecule has 0 radical (unpaired) electrons. The summed E-state index contributed by atoms with van der Waals surface area (Å²) >= 11 is 0. The summed E-state index contributed by atoms with van der Waals surface area (Å²) < 4.78 is 0. The first-order valence-electron chi connectivity index (χ1n) is 11.8. The van der Waals surface area contributed by atoms with Crippen LogP contribution in [0.25, 0.3) is 0 Å². The third-order valence-electron chi connectivity index (χ3n) is 6.08. The first kappa shape index (κ1) is 27.8. The first-order valence-corrected chi connectivity index (χ1v) is 11.8. The van der Waals surface area contributed by atoms with Gasteiger partial charge in [-0.1, -0.05) is 0 Å². The van der Waals surface area contributed by atoms with Gasteiger partial charge < -0.3 is 42.1 Å². The highest BCUT2D eigenvalue weighted by molar-refractivity contribution is 5.94. The Hall–Kier alpha value is -3.42. The van der Waals surface area contributed by atoms with Crippen molar-refractivity contribution in [3.8, 4) is 0 Å². The van der Waals surface area contributed by atoms with Gasteiger partial charge in [0.05, 0.1) is 6.04 Å². The second-order valence-corrected chi connectivity index (χ2v) is 8.71. The van der Waals surface area contributed by atoms with E-state index in [0.717, 1.165) is 11.3 Å². The third kappa shape index (κ3) is 8.70. The number of amides is 3. The van der Waals surface area contributed by atoms with Crippen molar-refractivity contribution in [1.29, 1.82) is 5.41 Å². The standard InChI is InChI=1S/C21H35N7O7/c22-21(23)25-10-2-5-13(26-17(31)12-4-1-9-24-12)18(32)27-14(7-8-16(29)30)19(33)28-11-3-6-15(28)20(34)35/h12-15,24H,1-11H2,(H,26,31)(H,27,32)(H,29,30)(H,34,35)(H4,22,23,25)/t12-,13-,14-,15-/m0/s1. The topological polar surface area (TPSA) is 227 Å². The van der Waals surface area contributed by atoms with Crippen LogP contribution in [0.3, 0.4) is 0 Å². The molecule has 0 aromatic heterocycles. The smallest absolute Gasteiger partial charge is 0.326 e. The highest BCUT2D eigenvalue weighted by atomic mass is 16.4. The Morgan fingerprint density at radius 3 is 2.40 bits per heavy atom. The molecular formula is C21H35N7O7. The van der Waals surface area contributed by atoms with Gasteiger partial charge in [-0.05, 0) is 51.5 Å². The van der Waals surface area contributed by atoms with Gasteiger partial charge in [0.2, 0.25) is 17.7 Å². The maximum Gasteiger partial charge on any atom is 0.326 e. The van der Waals surface area contributed by atoms with E-state index in [-0.39, 0.29) is 44.2 Å². The zero-order chi connectivity index (χ0) is 26.0. The highest BCUT2D eigenvalue weighted by Gasteiger charge is 2.38. The van der Waals surface area contributed by atoms with Crippen LogP contribution >= 0.6 is 0 Å². The highest BCUT2D eigenvalue weighted by Crippen LogP contribution is 2.20. The molecule has 0 aromatic rings. The molecule has 4 atom stereocenters. The minimum atomic E-state index is -1.25. The van der Waals surface area contributed by atoms with Gasteiger partial charge in [0.15, 0.2) is 5.96 Å². The Kier molecular flexibility index (Phi) is 10.7. The summed E-state index contributed by atoms with van der Waals surface area (Å²) in [7, 11) is 0. The Morgan fingerprint density at radius 1 is 1.06 bits per heavy atom. The molecule has 196 valence electrons. The van der Waals surface area contributed by atoms with Crippen molar-refractivity contribution in [3.05, 3.63) is 0 Å². The molecule has 2 rings (SSSR count). The molecule has 0 saturated carbocycles. The summed E-state index contributed by atoms with van der Waals surface area (Å²) in [6.07, 6.45) is 2.12. The summed E-state index contributed by atoms with van der Waals surface area (Å²) in [5, 5.41) is 36.6. The molecule has 0 unspecified atom stereocenters. The normalized spacial score (nSPS) is 21.1. The second-order valence-electron chi connectivity index (χ2n) is 8.71. The van der Waals surface area contributed by atoms with Gasteiger partial charge >= 0.3 is 11.9 Å². The molecule has 0 spiro atoms. The SMILES string of the molecule is N=C(N)NCCC[C@H](NC(=O)[C@@H]1CCCN1)C(=O)N[C@@H](CCC(=O)O)C(=O)N1CCC[C@H]1C(=O)O. The number of hydrogen-bond acceptors (Lipinski definition) is 7. The van der Waals surface area contributed by atoms with E-state index >= 15 is 0 Å². The van der Waals surface area contributed by atoms with Crippen molar-refractivity contribution >= 4 is 35.6 Å². The Labute approximate surface area is 202 Å². The quantitative estimate of drug-likeness (QED) is 0.0786. The average molecular weight is 498 g/mol. The number of carboxylic acid groups (broad SMARTS) is 2. The van der Waals surface area contributed by atoms with E-state index in [1.54, 1.807) is 0 Å². The minimum Gasteiger partial charge on any atom is -0.481 e. The fourth-order valence-electron chi connectivity index (χ4n) is 4.26. The zero-order valence-corrected chi connectivity index (χ0v) is 19.5. The van der Waals surface area contributed by atoms with Crippen LogP contribution in [0, 0.1) is 5.41 Å². The number of carbonyl (C=O) groups is 5. The molecule has 2 fully saturated rings. The van der Waals surface area contributed by atoms with Crippen molar-refractivity contribution in [1.82, 2.24) is 26.2 Å². The van der Waals surface area contributed by atoms with E-state index < -0.39 is 54.3 Å². The van der Waals surface area contributed by atoms with Gasteiger partial charge in [-0.25, -0.2) is 4.79 Å². The monoisotopic (exact) mass is 497 g/mol. The number of likely N-dealkylation sites (tertiary alicyclic amines) is 1. The molecule has 9 N–H and O–H groups in total. The van der Waals surface area contributed by atoms with Crippen LogP contribution in [0.4, 0.5) is 0 Å². The molecule has 35 heavy (non-hydrogen) atoms. The number of aliphatic carboxylic acids is 2. The molecule has 2 aliphatic heterocycles. The number of carbonyl (C=O) groups excluding carboxylic acids is 3. The van der Waals surface area contributed by atoms with Crippen LogP contribution in [0.5, 0.6) is 0 Å². The number of carboxylic acids is 2. The summed E-state index contributed by atoms with van der Waals surface area (Å²) in [6, 6.07) is -3.75. The van der Waals surface area contributed by atoms with E-state index in [2.05, 4.69) is 21.3 Å². The lowest BCUT2D eigenvalue weighted by Crippen LogP contribution is -2.57. The molecule has 3 amide bonds. The number of guanidine groups is 1. The molecule has 14 heteroatoms. The summed E-state index contributed by atoms with van der Waals surface area (Å²) in [5.74, 6) is -4.25. The van der Waals surface area contributed by atoms with Crippen molar-refractivity contribution in [3.63, 3.8) is 0 Å². The van der Waals surface area contributed by atoms with Crippen molar-refractivity contribution in [2.75, 3.05) is 19.6 Å². The van der Waals surface area contributed by atoms with Gasteiger partial charge in [-0.2, -0.15) is 0 Å². The van der Waals surface area contributed by atoms with Crippen molar-refractivity contribution < 1.29 is 34.2 Å². The fraction of sp³-hybridized carbons (Fsp3) is 0.714. The van der Waals surface area contributed by atoms with Gasteiger partial charge in [0.25, 0.3) is 0 Å². The van der Waals surface area contributed by atoms with E-state index in [9.17, 15) is 29.1 Å². The van der Waals surface area contributed by atoms with Crippen molar-refractivity contribution in [2.24, 2.45) is 5.73 Å². The Balaban J connectivity index is 2.12. The molecule has 0 aromatic carbocycles. The predicted octanol–water partition coefficient (Wildman–Crippen LogP) is -2.09. The lowest BCUT2D eigenvalue weighted by atomic mass is 10.1. The molecular weight excluding hydrogens is 462 g/mol. The molecule has 2 saturated heterocycles. The Morgan fingerprint density at radius 2 is 1.80 bits per heavy atom. The van der Waals surface area contributed by atoms with Crippen LogP contribution in [0.2, 0.25) is 0 Å². The molecule has 0 bridgehead atoms. The summed E-state index contributed by atoms with van der Waals surface area (Å²) in [5.41, 5.74) is 5.26. The van der Waals surface area contributed by atoms with Crippen LogP contribution in [-0.2, 0) is 24.0 Å². The Bertz CT molecular complexity index is 816. The summed E-state index contributed by atoms with van der Waals surface area (Å²) in [6.45, 7) is 1.16. The number of hydrogen-bond donors (Lipinski definition) is 8. The van der Waals surface area contributed by atoms with Crippen molar-refractivity contribution in [2.45, 2.75) is 75.5 Å². The number of nitrogens with two attached hydrogens (primary N) is 1. The molecule has 2 aliphatic rings. The van der Waals surface area contributed by atoms with Gasteiger partial charge in [0.1, 0.15) is 18.1 Å². The second kappa shape index (κ2) is 13.5. The van der Waals surface area contributed by atoms with Gasteiger partial charge in [-0.3, -0.25) is 24.6 Å². The maximum absolute atomic E-state index is 13.1. The maximum atomic E-state index is 13.1. The third-order valence-corrected chi connectivity index (χ3v) is 6.08. The van der Waals surface area contributed by atoms with Gasteiger partial charge in [-0.15, -0.1) is 0 Å². The first-order chi connectivity index (χ1) is 16.6. The van der Waals surface area contributed by atoms with E-state index in [1.807, 2.05) is 0 Å². The lowest BCUT2D eigenvalue weighted by molar-refractivity contribution is -0.150. The largest absolute Gasteiger partial charge is 0.481 e. The van der Waals surface area contributed by atoms with Crippen LogP contribution in [0.15, 0.2) is 0 Å². The lowest BCUT2D eigenvalue weighted by Gasteiger charge is -2.29. The van der Waals surface area contributed by atoms with Crippen LogP contribution in [-0.4, -0.2) is 94.5 Å². The summed E-state index contributed by atoms with van der Waals surface area (Å²) in [4.78, 5) is 62.7. The zero-order valence-electron chi connectivity index (χ0n) is 19.5. The number of nitrogens with zero attached hydrogens (tertiary/aromatic N) is 1. The van der Waals surface area contributed by atoms with Crippen LogP contribution in [0.1, 0.15) is 51.4 Å². The molecule has 0 aliphatic carbocycles. The van der Waals surface area contributed by atoms with E-state index in [0.29, 0.717) is 25.8 Å². The average Bonchev–Trinajstić information content (AvgIpc) is 3.50. The number of nitrogens with one attached hydrogen (secondary N) is 5. The number of rotatable bonds is 13. The fourth-order valence-corrected chi connectivity index (χ4v) is 4.26. The van der Waals surface area contributed by atoms with Gasteiger partial charge in [0, 0.05) is 19.5 Å².